The summed E-state index contributed by atoms with van der Waals surface area (Å²) in [5.41, 5.74) is -2.37. The number of halogens is 3. The van der Waals surface area contributed by atoms with Crippen LogP contribution in [0.3, 0.4) is 0 Å². The van der Waals surface area contributed by atoms with Crippen molar-refractivity contribution in [1.82, 2.24) is 0 Å². The van der Waals surface area contributed by atoms with E-state index in [4.69, 9.17) is 30.4 Å². The summed E-state index contributed by atoms with van der Waals surface area (Å²) in [6, 6.07) is 7.68. The molecule has 0 bridgehead atoms. The molecular weight excluding hydrogens is 566 g/mol. The van der Waals surface area contributed by atoms with Gasteiger partial charge in [-0.1, -0.05) is 70.8 Å². The fourth-order valence-electron chi connectivity index (χ4n) is 1.59. The van der Waals surface area contributed by atoms with Crippen LogP contribution in [-0.2, 0) is 25.6 Å². The highest BCUT2D eigenvalue weighted by molar-refractivity contribution is 9.09. The minimum Gasteiger partial charge on any atom is -0.497 e. The van der Waals surface area contributed by atoms with Gasteiger partial charge < -0.3 is 18.6 Å². The Morgan fingerprint density at radius 1 is 1.00 bits per heavy atom. The third-order valence-electron chi connectivity index (χ3n) is 2.61. The molecule has 0 saturated heterocycles. The summed E-state index contributed by atoms with van der Waals surface area (Å²) in [5.74, 6) is 0.786. The molecule has 1 aromatic rings. The third kappa shape index (κ3) is 8.40. The quantitative estimate of drug-likeness (QED) is 0.192. The lowest BCUT2D eigenvalue weighted by molar-refractivity contribution is 0.238. The van der Waals surface area contributed by atoms with Gasteiger partial charge in [-0.3, -0.25) is 0 Å². The van der Waals surface area contributed by atoms with Gasteiger partial charge in [-0.05, 0) is 24.3 Å². The summed E-state index contributed by atoms with van der Waals surface area (Å²) in [6.07, 6.45) is -0.469. The largest absolute Gasteiger partial charge is 0.538 e. The van der Waals surface area contributed by atoms with E-state index >= 15 is 0 Å². The zero-order chi connectivity index (χ0) is 17.8. The van der Waals surface area contributed by atoms with Crippen molar-refractivity contribution in [2.24, 2.45) is 0 Å². The molecular formula is C13H19BBr3O4PS2. The smallest absolute Gasteiger partial charge is 0.497 e. The van der Waals surface area contributed by atoms with Crippen LogP contribution in [0.2, 0.25) is 0 Å². The van der Waals surface area contributed by atoms with E-state index in [1.807, 2.05) is 24.3 Å². The Bertz CT molecular complexity index is 504. The first kappa shape index (κ1) is 23.4. The molecule has 0 aliphatic carbocycles. The molecule has 1 rings (SSSR count). The zero-order valence-corrected chi connectivity index (χ0v) is 20.4. The number of alkyl halides is 3. The van der Waals surface area contributed by atoms with Crippen LogP contribution in [0.4, 0.5) is 0 Å². The number of benzene rings is 1. The van der Waals surface area contributed by atoms with Crippen molar-refractivity contribution in [2.45, 2.75) is 0 Å². The molecule has 4 nitrogen and oxygen atoms in total. The lowest BCUT2D eigenvalue weighted by Crippen LogP contribution is -2.23. The fourth-order valence-corrected chi connectivity index (χ4v) is 7.50. The van der Waals surface area contributed by atoms with Gasteiger partial charge in [0.1, 0.15) is 11.2 Å². The Balaban J connectivity index is 2.95. The molecule has 0 aliphatic rings. The molecule has 0 fully saturated rings. The van der Waals surface area contributed by atoms with E-state index in [2.05, 4.69) is 47.8 Å². The van der Waals surface area contributed by atoms with Gasteiger partial charge in [-0.25, -0.2) is 0 Å². The Kier molecular flexibility index (Phi) is 13.2. The maximum absolute atomic E-state index is 6.05. The second kappa shape index (κ2) is 13.6. The summed E-state index contributed by atoms with van der Waals surface area (Å²) in [5, 5.41) is 3.14. The molecule has 11 heteroatoms. The SMILES string of the molecule is COc1ccc(P(=S)(OCCBr)SB(OCCBr)OCCBr)cc1. The summed E-state index contributed by atoms with van der Waals surface area (Å²) < 4.78 is 22.8. The van der Waals surface area contributed by atoms with Gasteiger partial charge in [0.15, 0.2) is 0 Å². The summed E-state index contributed by atoms with van der Waals surface area (Å²) in [4.78, 5) is 0. The lowest BCUT2D eigenvalue weighted by atomic mass is 10.3. The predicted octanol–water partition coefficient (Wildman–Crippen LogP) is 4.58. The summed E-state index contributed by atoms with van der Waals surface area (Å²) in [6.45, 7) is 1.60. The monoisotopic (exact) mass is 582 g/mol. The molecule has 24 heavy (non-hydrogen) atoms. The van der Waals surface area contributed by atoms with Crippen LogP contribution in [0.1, 0.15) is 0 Å². The minimum atomic E-state index is -2.37. The van der Waals surface area contributed by atoms with E-state index in [-0.39, 0.29) is 0 Å². The highest BCUT2D eigenvalue weighted by Gasteiger charge is 2.32. The normalized spacial score (nSPS) is 13.5. The topological polar surface area (TPSA) is 36.9 Å². The van der Waals surface area contributed by atoms with Crippen molar-refractivity contribution in [3.8, 4) is 5.75 Å². The van der Waals surface area contributed by atoms with Gasteiger partial charge in [-0.2, -0.15) is 0 Å². The van der Waals surface area contributed by atoms with Crippen molar-refractivity contribution in [3.05, 3.63) is 24.3 Å². The van der Waals surface area contributed by atoms with Crippen LogP contribution in [0.25, 0.3) is 0 Å². The first-order chi connectivity index (χ1) is 11.6. The van der Waals surface area contributed by atoms with Crippen molar-refractivity contribution < 1.29 is 18.6 Å². The third-order valence-corrected chi connectivity index (χ3v) is 9.78. The Morgan fingerprint density at radius 3 is 2.00 bits per heavy atom. The average molecular weight is 585 g/mol. The molecule has 1 atom stereocenters. The van der Waals surface area contributed by atoms with Gasteiger partial charge in [0.2, 0.25) is 0 Å². The Hall–Kier alpha value is 1.40. The lowest BCUT2D eigenvalue weighted by Gasteiger charge is -2.24. The van der Waals surface area contributed by atoms with E-state index < -0.39 is 11.9 Å². The molecule has 0 heterocycles. The van der Waals surface area contributed by atoms with E-state index in [1.54, 1.807) is 7.11 Å². The van der Waals surface area contributed by atoms with Crippen molar-refractivity contribution in [3.63, 3.8) is 0 Å². The van der Waals surface area contributed by atoms with Crippen LogP contribution in [-0.4, -0.2) is 49.3 Å². The van der Waals surface area contributed by atoms with Crippen LogP contribution < -0.4 is 10.0 Å². The minimum absolute atomic E-state index is 0.469. The van der Waals surface area contributed by atoms with Crippen LogP contribution >= 0.6 is 64.5 Å². The summed E-state index contributed by atoms with van der Waals surface area (Å²) in [7, 11) is 1.64. The molecule has 1 unspecified atom stereocenters. The number of hydrogen-bond acceptors (Lipinski definition) is 6. The van der Waals surface area contributed by atoms with Gasteiger partial charge in [-0.15, -0.1) is 0 Å². The van der Waals surface area contributed by atoms with E-state index in [9.17, 15) is 0 Å². The van der Waals surface area contributed by atoms with Gasteiger partial charge in [0, 0.05) is 34.5 Å². The molecule has 1 aromatic carbocycles. The number of hydrogen-bond donors (Lipinski definition) is 0. The zero-order valence-electron chi connectivity index (χ0n) is 13.2. The molecule has 0 aromatic heterocycles. The van der Waals surface area contributed by atoms with Crippen molar-refractivity contribution in [2.75, 3.05) is 42.9 Å². The Morgan fingerprint density at radius 2 is 1.54 bits per heavy atom. The fraction of sp³-hybridized carbons (Fsp3) is 0.538. The summed E-state index contributed by atoms with van der Waals surface area (Å²) >= 11 is 17.4. The van der Waals surface area contributed by atoms with Gasteiger partial charge in [0.05, 0.1) is 13.7 Å². The highest BCUT2D eigenvalue weighted by Crippen LogP contribution is 2.60. The number of ether oxygens (including phenoxy) is 1. The Labute approximate surface area is 178 Å². The van der Waals surface area contributed by atoms with Crippen molar-refractivity contribution >= 4 is 88.0 Å². The van der Waals surface area contributed by atoms with Gasteiger partial charge in [0.25, 0.3) is 0 Å². The molecule has 0 N–H and O–H groups in total. The number of rotatable bonds is 13. The first-order valence-corrected chi connectivity index (χ1v) is 14.6. The average Bonchev–Trinajstić information content (AvgIpc) is 2.62. The highest BCUT2D eigenvalue weighted by atomic mass is 79.9. The molecule has 0 radical (unpaired) electrons. The van der Waals surface area contributed by atoms with Crippen LogP contribution in [0.5, 0.6) is 5.75 Å². The number of methoxy groups -OCH3 is 1. The second-order valence-corrected chi connectivity index (χ2v) is 13.4. The molecule has 0 amide bonds. The molecule has 136 valence electrons. The molecule has 0 spiro atoms. The maximum atomic E-state index is 6.05. The maximum Gasteiger partial charge on any atom is 0.538 e. The standard InChI is InChI=1S/C13H19BBr3O4PS2/c1-18-12-2-4-13(5-3-12)22(23,21-11-8-17)24-14(19-9-6-15)20-10-7-16/h2-5H,6-11H2,1H3. The second-order valence-electron chi connectivity index (χ2n) is 4.23. The van der Waals surface area contributed by atoms with Crippen molar-refractivity contribution in [1.29, 1.82) is 0 Å². The van der Waals surface area contributed by atoms with E-state index in [0.29, 0.717) is 19.8 Å². The molecule has 0 saturated carbocycles. The van der Waals surface area contributed by atoms with Gasteiger partial charge >= 0.3 is 6.40 Å². The van der Waals surface area contributed by atoms with E-state index in [1.165, 1.54) is 11.2 Å². The van der Waals surface area contributed by atoms with Crippen LogP contribution in [0.15, 0.2) is 24.3 Å². The predicted molar refractivity (Wildman–Crippen MR) is 119 cm³/mol. The molecule has 0 aliphatic heterocycles. The first-order valence-electron chi connectivity index (χ1n) is 7.08. The van der Waals surface area contributed by atoms with E-state index in [0.717, 1.165) is 27.0 Å². The van der Waals surface area contributed by atoms with Crippen LogP contribution in [0, 0.1) is 0 Å².